The molecule has 3 heterocycles. The van der Waals surface area contributed by atoms with Gasteiger partial charge in [-0.05, 0) is 31.5 Å². The third-order valence-electron chi connectivity index (χ3n) is 6.17. The number of halogens is 1. The van der Waals surface area contributed by atoms with Gasteiger partial charge in [0.15, 0.2) is 5.82 Å². The quantitative estimate of drug-likeness (QED) is 0.466. The molecule has 31 heavy (non-hydrogen) atoms. The summed E-state index contributed by atoms with van der Waals surface area (Å²) in [7, 11) is 0. The van der Waals surface area contributed by atoms with Gasteiger partial charge in [-0.15, -0.1) is 0 Å². The molecule has 1 aliphatic heterocycles. The van der Waals surface area contributed by atoms with Crippen LogP contribution in [0.15, 0.2) is 55.0 Å². The minimum absolute atomic E-state index is 0.140. The van der Waals surface area contributed by atoms with E-state index in [-0.39, 0.29) is 5.54 Å². The molecule has 2 aromatic heterocycles. The summed E-state index contributed by atoms with van der Waals surface area (Å²) < 4.78 is 15.7. The highest BCUT2D eigenvalue weighted by Gasteiger charge is 2.27. The summed E-state index contributed by atoms with van der Waals surface area (Å²) in [4.78, 5) is 18.0. The number of hydrogen-bond donors (Lipinski definition) is 0. The van der Waals surface area contributed by atoms with Gasteiger partial charge in [-0.25, -0.2) is 14.4 Å². The van der Waals surface area contributed by atoms with Gasteiger partial charge in [0.25, 0.3) is 0 Å². The van der Waals surface area contributed by atoms with Crippen molar-refractivity contribution in [2.75, 3.05) is 31.1 Å². The molecular formula is C25H26FN5. The van der Waals surface area contributed by atoms with Crippen molar-refractivity contribution >= 4 is 27.5 Å². The van der Waals surface area contributed by atoms with Gasteiger partial charge in [-0.3, -0.25) is 9.88 Å². The SMILES string of the molecule is CC(C)(C)N1CCN(c2ncnc3c(F)c(-c4cccc5ccccc45)ncc23)CC1. The van der Waals surface area contributed by atoms with E-state index in [1.165, 1.54) is 6.33 Å². The molecule has 1 saturated heterocycles. The summed E-state index contributed by atoms with van der Waals surface area (Å²) in [6, 6.07) is 13.8. The number of hydrogen-bond acceptors (Lipinski definition) is 5. The third-order valence-corrected chi connectivity index (χ3v) is 6.17. The highest BCUT2D eigenvalue weighted by molar-refractivity contribution is 5.98. The Kier molecular flexibility index (Phi) is 4.82. The van der Waals surface area contributed by atoms with Gasteiger partial charge in [0.05, 0.1) is 5.39 Å². The normalized spacial score (nSPS) is 15.7. The van der Waals surface area contributed by atoms with Crippen molar-refractivity contribution in [3.63, 3.8) is 0 Å². The minimum atomic E-state index is -0.397. The Balaban J connectivity index is 1.55. The standard InChI is InChI=1S/C25H26FN5/c1-25(2,3)31-13-11-30(12-14-31)24-20-15-27-22(21(26)23(20)28-16-29-24)19-10-6-8-17-7-4-5-9-18(17)19/h4-10,15-16H,11-14H2,1-3H3. The van der Waals surface area contributed by atoms with Crippen LogP contribution >= 0.6 is 0 Å². The third kappa shape index (κ3) is 3.51. The lowest BCUT2D eigenvalue weighted by molar-refractivity contribution is 0.128. The molecule has 2 aromatic carbocycles. The largest absolute Gasteiger partial charge is 0.353 e. The van der Waals surface area contributed by atoms with Gasteiger partial charge in [-0.1, -0.05) is 42.5 Å². The molecule has 0 radical (unpaired) electrons. The first kappa shape index (κ1) is 19.8. The summed E-state index contributed by atoms with van der Waals surface area (Å²) in [6.07, 6.45) is 3.19. The highest BCUT2D eigenvalue weighted by Crippen LogP contribution is 2.33. The van der Waals surface area contributed by atoms with Gasteiger partial charge in [0, 0.05) is 43.5 Å². The minimum Gasteiger partial charge on any atom is -0.353 e. The zero-order valence-electron chi connectivity index (χ0n) is 18.1. The smallest absolute Gasteiger partial charge is 0.175 e. The average Bonchev–Trinajstić information content (AvgIpc) is 2.78. The molecular weight excluding hydrogens is 389 g/mol. The Labute approximate surface area is 181 Å². The number of rotatable bonds is 2. The zero-order valence-corrected chi connectivity index (χ0v) is 18.1. The van der Waals surface area contributed by atoms with E-state index in [1.807, 2.05) is 42.5 Å². The topological polar surface area (TPSA) is 45.2 Å². The molecule has 5 rings (SSSR count). The van der Waals surface area contributed by atoms with Crippen molar-refractivity contribution in [3.8, 4) is 11.3 Å². The molecule has 5 nitrogen and oxygen atoms in total. The molecule has 0 unspecified atom stereocenters. The van der Waals surface area contributed by atoms with Crippen LogP contribution in [0.2, 0.25) is 0 Å². The predicted molar refractivity (Wildman–Crippen MR) is 124 cm³/mol. The number of pyridine rings is 1. The summed E-state index contributed by atoms with van der Waals surface area (Å²) in [5.74, 6) is 0.361. The van der Waals surface area contributed by atoms with E-state index in [9.17, 15) is 0 Å². The Morgan fingerprint density at radius 2 is 1.58 bits per heavy atom. The molecule has 158 valence electrons. The van der Waals surface area contributed by atoms with Crippen LogP contribution in [0.5, 0.6) is 0 Å². The van der Waals surface area contributed by atoms with Crippen molar-refractivity contribution in [3.05, 3.63) is 60.8 Å². The van der Waals surface area contributed by atoms with E-state index in [4.69, 9.17) is 0 Å². The number of anilines is 1. The van der Waals surface area contributed by atoms with Gasteiger partial charge in [-0.2, -0.15) is 0 Å². The number of aromatic nitrogens is 3. The average molecular weight is 416 g/mol. The van der Waals surface area contributed by atoms with Crippen LogP contribution < -0.4 is 4.90 Å². The maximum atomic E-state index is 15.7. The van der Waals surface area contributed by atoms with E-state index in [2.05, 4.69) is 45.5 Å². The number of piperazine rings is 1. The van der Waals surface area contributed by atoms with E-state index >= 15 is 4.39 Å². The van der Waals surface area contributed by atoms with Crippen LogP contribution in [0.1, 0.15) is 20.8 Å². The molecule has 0 saturated carbocycles. The molecule has 0 atom stereocenters. The lowest BCUT2D eigenvalue weighted by atomic mass is 10.0. The van der Waals surface area contributed by atoms with Gasteiger partial charge >= 0.3 is 0 Å². The van der Waals surface area contributed by atoms with E-state index in [0.717, 1.165) is 48.3 Å². The van der Waals surface area contributed by atoms with Crippen LogP contribution in [-0.2, 0) is 0 Å². The van der Waals surface area contributed by atoms with E-state index in [1.54, 1.807) is 6.20 Å². The molecule has 0 N–H and O–H groups in total. The zero-order chi connectivity index (χ0) is 21.6. The Bertz CT molecular complexity index is 1250. The number of benzene rings is 2. The first-order valence-electron chi connectivity index (χ1n) is 10.7. The highest BCUT2D eigenvalue weighted by atomic mass is 19.1. The summed E-state index contributed by atoms with van der Waals surface area (Å²) in [5.41, 5.74) is 1.56. The first-order chi connectivity index (χ1) is 14.9. The Morgan fingerprint density at radius 1 is 0.839 bits per heavy atom. The number of nitrogens with zero attached hydrogens (tertiary/aromatic N) is 5. The van der Waals surface area contributed by atoms with Crippen molar-refractivity contribution < 1.29 is 4.39 Å². The van der Waals surface area contributed by atoms with Crippen LogP contribution in [0.4, 0.5) is 10.2 Å². The van der Waals surface area contributed by atoms with Gasteiger partial charge in [0.1, 0.15) is 23.4 Å². The van der Waals surface area contributed by atoms with E-state index in [0.29, 0.717) is 16.6 Å². The lowest BCUT2D eigenvalue weighted by Gasteiger charge is -2.42. The molecule has 0 bridgehead atoms. The second-order valence-corrected chi connectivity index (χ2v) is 9.05. The van der Waals surface area contributed by atoms with Crippen molar-refractivity contribution in [1.29, 1.82) is 0 Å². The predicted octanol–water partition coefficient (Wildman–Crippen LogP) is 4.90. The Morgan fingerprint density at radius 3 is 2.35 bits per heavy atom. The maximum Gasteiger partial charge on any atom is 0.175 e. The molecule has 0 aliphatic carbocycles. The van der Waals surface area contributed by atoms with Crippen molar-refractivity contribution in [2.24, 2.45) is 0 Å². The first-order valence-corrected chi connectivity index (χ1v) is 10.7. The molecule has 0 spiro atoms. The second kappa shape index (κ2) is 7.54. The molecule has 6 heteroatoms. The summed E-state index contributed by atoms with van der Waals surface area (Å²) in [5, 5.41) is 2.69. The van der Waals surface area contributed by atoms with Crippen LogP contribution in [0.3, 0.4) is 0 Å². The lowest BCUT2D eigenvalue weighted by Crippen LogP contribution is -2.53. The fourth-order valence-corrected chi connectivity index (χ4v) is 4.44. The van der Waals surface area contributed by atoms with Gasteiger partial charge < -0.3 is 4.90 Å². The monoisotopic (exact) mass is 415 g/mol. The van der Waals surface area contributed by atoms with Crippen LogP contribution in [0, 0.1) is 5.82 Å². The number of fused-ring (bicyclic) bond motifs is 2. The Hall–Kier alpha value is -3.12. The fourth-order valence-electron chi connectivity index (χ4n) is 4.44. The fraction of sp³-hybridized carbons (Fsp3) is 0.320. The van der Waals surface area contributed by atoms with Crippen molar-refractivity contribution in [1.82, 2.24) is 19.9 Å². The summed E-state index contributed by atoms with van der Waals surface area (Å²) >= 11 is 0. The van der Waals surface area contributed by atoms with Crippen LogP contribution in [0.25, 0.3) is 32.9 Å². The van der Waals surface area contributed by atoms with Gasteiger partial charge in [0.2, 0.25) is 0 Å². The maximum absolute atomic E-state index is 15.7. The summed E-state index contributed by atoms with van der Waals surface area (Å²) in [6.45, 7) is 10.3. The van der Waals surface area contributed by atoms with E-state index < -0.39 is 5.82 Å². The second-order valence-electron chi connectivity index (χ2n) is 9.05. The van der Waals surface area contributed by atoms with Crippen molar-refractivity contribution in [2.45, 2.75) is 26.3 Å². The molecule has 4 aromatic rings. The molecule has 1 fully saturated rings. The molecule has 0 amide bonds. The molecule has 1 aliphatic rings. The van der Waals surface area contributed by atoms with Crippen LogP contribution in [-0.4, -0.2) is 51.6 Å².